The molecule has 0 aliphatic carbocycles. The SMILES string of the molecule is COc1cc(COc2c(C)cc(-c3ccc(Cn4cnn(C/C(=C/F)CN)c4=O)s3)cc2C)cc(OC)c1.Cl. The minimum Gasteiger partial charge on any atom is -0.497 e. The number of hydrogen-bond donors (Lipinski definition) is 1. The summed E-state index contributed by atoms with van der Waals surface area (Å²) in [6, 6.07) is 13.9. The van der Waals surface area contributed by atoms with Crippen LogP contribution in [0.25, 0.3) is 10.4 Å². The molecule has 0 radical (unpaired) electrons. The van der Waals surface area contributed by atoms with E-state index in [2.05, 4.69) is 17.2 Å². The first-order chi connectivity index (χ1) is 18.3. The number of halogens is 2. The Morgan fingerprint density at radius 3 is 2.33 bits per heavy atom. The summed E-state index contributed by atoms with van der Waals surface area (Å²) in [4.78, 5) is 14.7. The molecule has 39 heavy (non-hydrogen) atoms. The van der Waals surface area contributed by atoms with E-state index in [0.717, 1.165) is 37.8 Å². The lowest BCUT2D eigenvalue weighted by Crippen LogP contribution is -2.26. The van der Waals surface area contributed by atoms with Crippen LogP contribution >= 0.6 is 23.7 Å². The standard InChI is InChI=1S/C28H31FN4O4S.ClH/c1-18-7-22(8-19(2)27(18)37-16-20-9-23(35-3)11-24(10-20)36-4)26-6-5-25(38-26)15-32-17-31-33(28(32)34)14-21(12-29)13-30;/h5-12,17H,13-16,30H2,1-4H3;1H/b21-12+;. The Labute approximate surface area is 236 Å². The summed E-state index contributed by atoms with van der Waals surface area (Å²) in [5, 5.41) is 4.08. The van der Waals surface area contributed by atoms with Crippen LogP contribution in [0.4, 0.5) is 4.39 Å². The van der Waals surface area contributed by atoms with Crippen LogP contribution in [-0.4, -0.2) is 35.1 Å². The number of rotatable bonds is 11. The second kappa shape index (κ2) is 13.5. The molecule has 2 N–H and O–H groups in total. The Balaban J connectivity index is 0.00000420. The van der Waals surface area contributed by atoms with E-state index in [1.54, 1.807) is 25.6 Å². The molecule has 0 aliphatic heterocycles. The number of aryl methyl sites for hydroxylation is 2. The summed E-state index contributed by atoms with van der Waals surface area (Å²) in [7, 11) is 3.25. The maximum Gasteiger partial charge on any atom is 0.346 e. The zero-order chi connectivity index (χ0) is 27.2. The smallest absolute Gasteiger partial charge is 0.346 e. The average molecular weight is 575 g/mol. The molecule has 0 saturated carbocycles. The van der Waals surface area contributed by atoms with Crippen LogP contribution < -0.4 is 25.6 Å². The first-order valence-electron chi connectivity index (χ1n) is 12.0. The highest BCUT2D eigenvalue weighted by molar-refractivity contribution is 7.15. The molecule has 2 heterocycles. The molecule has 0 unspecified atom stereocenters. The highest BCUT2D eigenvalue weighted by atomic mass is 35.5. The number of ether oxygens (including phenoxy) is 3. The minimum atomic E-state index is -0.311. The van der Waals surface area contributed by atoms with Gasteiger partial charge >= 0.3 is 5.69 Å². The Morgan fingerprint density at radius 2 is 1.74 bits per heavy atom. The van der Waals surface area contributed by atoms with Gasteiger partial charge in [-0.3, -0.25) is 4.57 Å². The number of nitrogens with zero attached hydrogens (tertiary/aromatic N) is 3. The first-order valence-corrected chi connectivity index (χ1v) is 12.8. The molecule has 0 amide bonds. The molecule has 0 saturated heterocycles. The maximum absolute atomic E-state index is 12.8. The molecule has 208 valence electrons. The molecule has 0 bridgehead atoms. The summed E-state index contributed by atoms with van der Waals surface area (Å²) in [6.45, 7) is 4.89. The van der Waals surface area contributed by atoms with Gasteiger partial charge in [-0.1, -0.05) is 0 Å². The Hall–Kier alpha value is -3.60. The van der Waals surface area contributed by atoms with E-state index in [1.165, 1.54) is 15.6 Å². The third-order valence-electron chi connectivity index (χ3n) is 6.09. The summed E-state index contributed by atoms with van der Waals surface area (Å²) < 4.78 is 32.5. The van der Waals surface area contributed by atoms with Crippen molar-refractivity contribution in [2.45, 2.75) is 33.5 Å². The molecule has 11 heteroatoms. The van der Waals surface area contributed by atoms with E-state index in [0.29, 0.717) is 36.6 Å². The third-order valence-corrected chi connectivity index (χ3v) is 7.21. The van der Waals surface area contributed by atoms with Gasteiger partial charge in [-0.25, -0.2) is 13.9 Å². The summed E-state index contributed by atoms with van der Waals surface area (Å²) in [5.41, 5.74) is 9.57. The van der Waals surface area contributed by atoms with Crippen molar-refractivity contribution in [3.8, 4) is 27.7 Å². The number of nitrogens with two attached hydrogens (primary N) is 1. The van der Waals surface area contributed by atoms with Crippen molar-refractivity contribution in [3.63, 3.8) is 0 Å². The van der Waals surface area contributed by atoms with E-state index in [9.17, 15) is 9.18 Å². The second-order valence-electron chi connectivity index (χ2n) is 8.89. The normalized spacial score (nSPS) is 11.3. The lowest BCUT2D eigenvalue weighted by Gasteiger charge is -2.15. The van der Waals surface area contributed by atoms with E-state index in [-0.39, 0.29) is 31.2 Å². The Kier molecular flexibility index (Phi) is 10.3. The lowest BCUT2D eigenvalue weighted by molar-refractivity contribution is 0.300. The van der Waals surface area contributed by atoms with E-state index < -0.39 is 0 Å². The van der Waals surface area contributed by atoms with Crippen LogP contribution in [0.1, 0.15) is 21.6 Å². The molecule has 0 atom stereocenters. The topological polar surface area (TPSA) is 93.5 Å². The highest BCUT2D eigenvalue weighted by Crippen LogP contribution is 2.35. The van der Waals surface area contributed by atoms with Gasteiger partial charge in [-0.2, -0.15) is 5.10 Å². The molecule has 2 aromatic heterocycles. The van der Waals surface area contributed by atoms with E-state index in [1.807, 2.05) is 44.2 Å². The molecular weight excluding hydrogens is 543 g/mol. The van der Waals surface area contributed by atoms with Crippen LogP contribution in [0.2, 0.25) is 0 Å². The largest absolute Gasteiger partial charge is 0.497 e. The number of thiophene rings is 1. The molecule has 4 aromatic rings. The van der Waals surface area contributed by atoms with Crippen molar-refractivity contribution >= 4 is 23.7 Å². The molecule has 2 aromatic carbocycles. The van der Waals surface area contributed by atoms with Crippen molar-refractivity contribution < 1.29 is 18.6 Å². The number of aromatic nitrogens is 3. The van der Waals surface area contributed by atoms with Crippen LogP contribution in [-0.2, 0) is 19.7 Å². The van der Waals surface area contributed by atoms with Gasteiger partial charge in [0.2, 0.25) is 0 Å². The molecule has 4 rings (SSSR count). The zero-order valence-electron chi connectivity index (χ0n) is 22.3. The van der Waals surface area contributed by atoms with Gasteiger partial charge in [0, 0.05) is 22.4 Å². The predicted octanol–water partition coefficient (Wildman–Crippen LogP) is 5.27. The second-order valence-corrected chi connectivity index (χ2v) is 10.1. The van der Waals surface area contributed by atoms with Crippen LogP contribution in [0.3, 0.4) is 0 Å². The molecule has 0 spiro atoms. The van der Waals surface area contributed by atoms with Crippen molar-refractivity contribution in [3.05, 3.63) is 92.7 Å². The van der Waals surface area contributed by atoms with E-state index in [4.69, 9.17) is 19.9 Å². The van der Waals surface area contributed by atoms with Gasteiger partial charge in [-0.15, -0.1) is 23.7 Å². The van der Waals surface area contributed by atoms with Crippen molar-refractivity contribution in [2.75, 3.05) is 20.8 Å². The van der Waals surface area contributed by atoms with Gasteiger partial charge in [0.25, 0.3) is 0 Å². The number of hydrogen-bond acceptors (Lipinski definition) is 7. The summed E-state index contributed by atoms with van der Waals surface area (Å²) in [6.07, 6.45) is 1.89. The number of methoxy groups -OCH3 is 2. The van der Waals surface area contributed by atoms with Crippen molar-refractivity contribution in [1.29, 1.82) is 0 Å². The highest BCUT2D eigenvalue weighted by Gasteiger charge is 2.13. The van der Waals surface area contributed by atoms with Gasteiger partial charge in [0.1, 0.15) is 30.2 Å². The van der Waals surface area contributed by atoms with Crippen LogP contribution in [0, 0.1) is 13.8 Å². The minimum absolute atomic E-state index is 0. The Morgan fingerprint density at radius 1 is 1.08 bits per heavy atom. The maximum atomic E-state index is 12.8. The quantitative estimate of drug-likeness (QED) is 0.262. The van der Waals surface area contributed by atoms with E-state index >= 15 is 0 Å². The first kappa shape index (κ1) is 29.9. The Bertz CT molecular complexity index is 1470. The fourth-order valence-corrected chi connectivity index (χ4v) is 5.13. The van der Waals surface area contributed by atoms with Gasteiger partial charge in [0.15, 0.2) is 0 Å². The third kappa shape index (κ3) is 7.08. The van der Waals surface area contributed by atoms with Crippen LogP contribution in [0.5, 0.6) is 17.2 Å². The fourth-order valence-electron chi connectivity index (χ4n) is 4.14. The van der Waals surface area contributed by atoms with Crippen LogP contribution in [0.15, 0.2) is 65.5 Å². The molecule has 8 nitrogen and oxygen atoms in total. The monoisotopic (exact) mass is 574 g/mol. The zero-order valence-corrected chi connectivity index (χ0v) is 23.9. The summed E-state index contributed by atoms with van der Waals surface area (Å²) in [5.74, 6) is 2.27. The molecule has 0 aliphatic rings. The number of benzene rings is 2. The van der Waals surface area contributed by atoms with Gasteiger partial charge in [-0.05, 0) is 78.1 Å². The molecular formula is C28H32ClFN4O4S. The van der Waals surface area contributed by atoms with Gasteiger partial charge in [0.05, 0.1) is 33.6 Å². The average Bonchev–Trinajstić information content (AvgIpc) is 3.53. The van der Waals surface area contributed by atoms with Crippen molar-refractivity contribution in [1.82, 2.24) is 14.3 Å². The fraction of sp³-hybridized carbons (Fsp3) is 0.286. The lowest BCUT2D eigenvalue weighted by atomic mass is 10.0. The van der Waals surface area contributed by atoms with Gasteiger partial charge < -0.3 is 19.9 Å². The molecule has 0 fully saturated rings. The predicted molar refractivity (Wildman–Crippen MR) is 154 cm³/mol. The summed E-state index contributed by atoms with van der Waals surface area (Å²) >= 11 is 1.61. The van der Waals surface area contributed by atoms with Crippen molar-refractivity contribution in [2.24, 2.45) is 5.73 Å².